The Labute approximate surface area is 118 Å². The Morgan fingerprint density at radius 1 is 1.32 bits per heavy atom. The first-order valence-electron chi connectivity index (χ1n) is 6.57. The quantitative estimate of drug-likeness (QED) is 0.900. The van der Waals surface area contributed by atoms with Crippen molar-refractivity contribution in [3.05, 3.63) is 51.7 Å². The van der Waals surface area contributed by atoms with E-state index in [4.69, 9.17) is 4.74 Å². The lowest BCUT2D eigenvalue weighted by Crippen LogP contribution is -2.41. The predicted octanol–water partition coefficient (Wildman–Crippen LogP) is 3.73. The summed E-state index contributed by atoms with van der Waals surface area (Å²) in [6.07, 6.45) is 0. The van der Waals surface area contributed by atoms with E-state index in [2.05, 4.69) is 54.9 Å². The standard InChI is InChI=1S/C16H19NOS/c1-16(2)10-17-15(14-5-4-8-19-14)12-7-6-11(18-3)9-13(12)16/h4-9,15,17H,10H2,1-3H3. The molecular formula is C16H19NOS. The molecule has 0 bridgehead atoms. The zero-order chi connectivity index (χ0) is 13.5. The molecule has 100 valence electrons. The largest absolute Gasteiger partial charge is 0.497 e. The highest BCUT2D eigenvalue weighted by atomic mass is 32.1. The highest BCUT2D eigenvalue weighted by Gasteiger charge is 2.33. The molecule has 3 rings (SSSR count). The van der Waals surface area contributed by atoms with Gasteiger partial charge < -0.3 is 10.1 Å². The molecule has 2 heterocycles. The summed E-state index contributed by atoms with van der Waals surface area (Å²) in [5.74, 6) is 0.943. The highest BCUT2D eigenvalue weighted by Crippen LogP contribution is 2.40. The van der Waals surface area contributed by atoms with Gasteiger partial charge in [0.1, 0.15) is 5.75 Å². The molecule has 0 fully saturated rings. The van der Waals surface area contributed by atoms with E-state index >= 15 is 0 Å². The minimum atomic E-state index is 0.137. The fourth-order valence-corrected chi connectivity index (χ4v) is 3.59. The smallest absolute Gasteiger partial charge is 0.119 e. The van der Waals surface area contributed by atoms with E-state index in [1.165, 1.54) is 16.0 Å². The molecule has 1 aliphatic rings. The van der Waals surface area contributed by atoms with Gasteiger partial charge >= 0.3 is 0 Å². The second-order valence-corrected chi connectivity index (χ2v) is 6.65. The molecular weight excluding hydrogens is 254 g/mol. The zero-order valence-electron chi connectivity index (χ0n) is 11.6. The third kappa shape index (κ3) is 2.17. The number of methoxy groups -OCH3 is 1. The summed E-state index contributed by atoms with van der Waals surface area (Å²) in [4.78, 5) is 1.38. The Balaban J connectivity index is 2.12. The molecule has 0 saturated heterocycles. The molecule has 0 amide bonds. The maximum absolute atomic E-state index is 5.38. The van der Waals surface area contributed by atoms with Gasteiger partial charge in [0.05, 0.1) is 13.2 Å². The van der Waals surface area contributed by atoms with Crippen LogP contribution in [0.4, 0.5) is 0 Å². The zero-order valence-corrected chi connectivity index (χ0v) is 12.4. The van der Waals surface area contributed by atoms with Gasteiger partial charge in [-0.3, -0.25) is 0 Å². The van der Waals surface area contributed by atoms with Crippen molar-refractivity contribution in [2.75, 3.05) is 13.7 Å². The van der Waals surface area contributed by atoms with Crippen molar-refractivity contribution in [3.63, 3.8) is 0 Å². The van der Waals surface area contributed by atoms with Gasteiger partial charge in [0.15, 0.2) is 0 Å². The maximum atomic E-state index is 5.38. The minimum absolute atomic E-state index is 0.137. The Kier molecular flexibility index (Phi) is 3.11. The van der Waals surface area contributed by atoms with E-state index in [9.17, 15) is 0 Å². The van der Waals surface area contributed by atoms with E-state index < -0.39 is 0 Å². The number of thiophene rings is 1. The Bertz CT molecular complexity index is 574. The predicted molar refractivity (Wildman–Crippen MR) is 80.2 cm³/mol. The Hall–Kier alpha value is -1.32. The van der Waals surface area contributed by atoms with Gasteiger partial charge in [-0.1, -0.05) is 26.0 Å². The second kappa shape index (κ2) is 4.66. The molecule has 3 heteroatoms. The topological polar surface area (TPSA) is 21.3 Å². The normalized spacial score (nSPS) is 20.9. The lowest BCUT2D eigenvalue weighted by molar-refractivity contribution is 0.392. The van der Waals surface area contributed by atoms with E-state index in [-0.39, 0.29) is 5.41 Å². The summed E-state index contributed by atoms with van der Waals surface area (Å²) >= 11 is 1.81. The van der Waals surface area contributed by atoms with Crippen LogP contribution in [0.5, 0.6) is 5.75 Å². The van der Waals surface area contributed by atoms with Crippen LogP contribution in [-0.4, -0.2) is 13.7 Å². The van der Waals surface area contributed by atoms with E-state index in [1.54, 1.807) is 7.11 Å². The monoisotopic (exact) mass is 273 g/mol. The third-order valence-corrected chi connectivity index (χ3v) is 4.81. The van der Waals surface area contributed by atoms with Crippen molar-refractivity contribution in [2.45, 2.75) is 25.3 Å². The first-order chi connectivity index (χ1) is 9.12. The van der Waals surface area contributed by atoms with Crippen molar-refractivity contribution < 1.29 is 4.74 Å². The molecule has 0 spiro atoms. The van der Waals surface area contributed by atoms with Gasteiger partial charge in [0.25, 0.3) is 0 Å². The van der Waals surface area contributed by atoms with Gasteiger partial charge in [0.2, 0.25) is 0 Å². The van der Waals surface area contributed by atoms with Crippen molar-refractivity contribution in [1.82, 2.24) is 5.32 Å². The molecule has 1 aromatic heterocycles. The Morgan fingerprint density at radius 3 is 2.84 bits per heavy atom. The number of nitrogens with one attached hydrogen (secondary N) is 1. The van der Waals surface area contributed by atoms with E-state index in [0.717, 1.165) is 12.3 Å². The molecule has 1 N–H and O–H groups in total. The Morgan fingerprint density at radius 2 is 2.16 bits per heavy atom. The third-order valence-electron chi connectivity index (χ3n) is 3.88. The lowest BCUT2D eigenvalue weighted by Gasteiger charge is -2.38. The van der Waals surface area contributed by atoms with Crippen LogP contribution in [0.1, 0.15) is 35.9 Å². The summed E-state index contributed by atoms with van der Waals surface area (Å²) in [6, 6.07) is 11.1. The average molecular weight is 273 g/mol. The van der Waals surface area contributed by atoms with Crippen LogP contribution in [-0.2, 0) is 5.41 Å². The number of hydrogen-bond donors (Lipinski definition) is 1. The molecule has 1 unspecified atom stereocenters. The SMILES string of the molecule is COc1ccc2c(c1)C(C)(C)CNC2c1cccs1. The maximum Gasteiger partial charge on any atom is 0.119 e. The molecule has 0 saturated carbocycles. The average Bonchev–Trinajstić information content (AvgIpc) is 2.92. The van der Waals surface area contributed by atoms with Crippen LogP contribution in [0.2, 0.25) is 0 Å². The van der Waals surface area contributed by atoms with Crippen LogP contribution >= 0.6 is 11.3 Å². The van der Waals surface area contributed by atoms with Crippen LogP contribution in [0.15, 0.2) is 35.7 Å². The van der Waals surface area contributed by atoms with Crippen LogP contribution in [0.25, 0.3) is 0 Å². The number of ether oxygens (including phenoxy) is 1. The highest BCUT2D eigenvalue weighted by molar-refractivity contribution is 7.10. The summed E-state index contributed by atoms with van der Waals surface area (Å²) in [5.41, 5.74) is 2.90. The van der Waals surface area contributed by atoms with E-state index in [0.29, 0.717) is 6.04 Å². The van der Waals surface area contributed by atoms with Crippen molar-refractivity contribution in [3.8, 4) is 5.75 Å². The number of hydrogen-bond acceptors (Lipinski definition) is 3. The van der Waals surface area contributed by atoms with Crippen molar-refractivity contribution >= 4 is 11.3 Å². The fraction of sp³-hybridized carbons (Fsp3) is 0.375. The molecule has 0 aliphatic carbocycles. The summed E-state index contributed by atoms with van der Waals surface area (Å²) in [7, 11) is 1.73. The van der Waals surface area contributed by atoms with Gasteiger partial charge in [-0.25, -0.2) is 0 Å². The first kappa shape index (κ1) is 12.7. The van der Waals surface area contributed by atoms with Gasteiger partial charge in [-0.2, -0.15) is 0 Å². The minimum Gasteiger partial charge on any atom is -0.497 e. The summed E-state index contributed by atoms with van der Waals surface area (Å²) < 4.78 is 5.38. The van der Waals surface area contributed by atoms with Crippen molar-refractivity contribution in [2.24, 2.45) is 0 Å². The molecule has 1 aromatic carbocycles. The number of fused-ring (bicyclic) bond motifs is 1. The fourth-order valence-electron chi connectivity index (χ4n) is 2.77. The van der Waals surface area contributed by atoms with Crippen LogP contribution in [0, 0.1) is 0 Å². The molecule has 1 aliphatic heterocycles. The van der Waals surface area contributed by atoms with Gasteiger partial charge in [-0.05, 0) is 34.7 Å². The molecule has 2 nitrogen and oxygen atoms in total. The van der Waals surface area contributed by atoms with Crippen LogP contribution < -0.4 is 10.1 Å². The summed E-state index contributed by atoms with van der Waals surface area (Å²) in [6.45, 7) is 5.54. The second-order valence-electron chi connectivity index (χ2n) is 5.67. The number of rotatable bonds is 2. The van der Waals surface area contributed by atoms with Gasteiger partial charge in [-0.15, -0.1) is 11.3 Å². The first-order valence-corrected chi connectivity index (χ1v) is 7.45. The lowest BCUT2D eigenvalue weighted by atomic mass is 9.76. The molecule has 19 heavy (non-hydrogen) atoms. The number of benzene rings is 1. The molecule has 1 atom stereocenters. The summed E-state index contributed by atoms with van der Waals surface area (Å²) in [5, 5.41) is 5.81. The van der Waals surface area contributed by atoms with Gasteiger partial charge in [0, 0.05) is 16.8 Å². The molecule has 0 radical (unpaired) electrons. The molecule has 2 aromatic rings. The van der Waals surface area contributed by atoms with Crippen LogP contribution in [0.3, 0.4) is 0 Å². The van der Waals surface area contributed by atoms with E-state index in [1.807, 2.05) is 11.3 Å². The van der Waals surface area contributed by atoms with Crippen molar-refractivity contribution in [1.29, 1.82) is 0 Å².